The third-order valence-electron chi connectivity index (χ3n) is 3.83. The van der Waals surface area contributed by atoms with Crippen LogP contribution in [0.25, 0.3) is 6.08 Å². The molecule has 0 heterocycles. The van der Waals surface area contributed by atoms with E-state index in [1.165, 1.54) is 18.2 Å². The third kappa shape index (κ3) is 4.15. The molecule has 0 saturated heterocycles. The maximum Gasteiger partial charge on any atom is 0.311 e. The van der Waals surface area contributed by atoms with E-state index < -0.39 is 22.8 Å². The first kappa shape index (κ1) is 16.9. The fraction of sp³-hybridized carbons (Fsp3) is 0.375. The van der Waals surface area contributed by atoms with Crippen LogP contribution in [0.1, 0.15) is 33.3 Å². The SMILES string of the molecule is CC(C)(NC(=O)/C=C/c1ccc(F)cc1)C(C)(C)C(=O)O. The lowest BCUT2D eigenvalue weighted by molar-refractivity contribution is -0.151. The van der Waals surface area contributed by atoms with Crippen molar-refractivity contribution in [3.8, 4) is 0 Å². The second kappa shape index (κ2) is 6.08. The lowest BCUT2D eigenvalue weighted by Crippen LogP contribution is -2.56. The molecule has 0 spiro atoms. The normalized spacial score (nSPS) is 12.4. The maximum absolute atomic E-state index is 12.8. The molecule has 0 aliphatic carbocycles. The van der Waals surface area contributed by atoms with Crippen molar-refractivity contribution in [1.82, 2.24) is 5.32 Å². The van der Waals surface area contributed by atoms with E-state index >= 15 is 0 Å². The van der Waals surface area contributed by atoms with Gasteiger partial charge in [0, 0.05) is 6.08 Å². The summed E-state index contributed by atoms with van der Waals surface area (Å²) in [6.07, 6.45) is 2.84. The van der Waals surface area contributed by atoms with E-state index in [0.717, 1.165) is 0 Å². The summed E-state index contributed by atoms with van der Waals surface area (Å²) in [5.74, 6) is -1.74. The third-order valence-corrected chi connectivity index (χ3v) is 3.83. The van der Waals surface area contributed by atoms with E-state index in [1.54, 1.807) is 45.9 Å². The van der Waals surface area contributed by atoms with Crippen LogP contribution in [-0.4, -0.2) is 22.5 Å². The lowest BCUT2D eigenvalue weighted by Gasteiger charge is -2.38. The van der Waals surface area contributed by atoms with Crippen LogP contribution < -0.4 is 5.32 Å². The Labute approximate surface area is 123 Å². The number of benzene rings is 1. The van der Waals surface area contributed by atoms with Crippen molar-refractivity contribution in [2.45, 2.75) is 33.2 Å². The summed E-state index contributed by atoms with van der Waals surface area (Å²) < 4.78 is 12.8. The van der Waals surface area contributed by atoms with Gasteiger partial charge in [0.2, 0.25) is 5.91 Å². The average molecular weight is 293 g/mol. The van der Waals surface area contributed by atoms with Crippen molar-refractivity contribution in [1.29, 1.82) is 0 Å². The zero-order chi connectivity index (χ0) is 16.3. The summed E-state index contributed by atoms with van der Waals surface area (Å²) in [5.41, 5.74) is -1.36. The van der Waals surface area contributed by atoms with Gasteiger partial charge in [-0.2, -0.15) is 0 Å². The molecular weight excluding hydrogens is 273 g/mol. The standard InChI is InChI=1S/C16H20FNO3/c1-15(2,14(20)21)16(3,4)18-13(19)10-7-11-5-8-12(17)9-6-11/h5-10H,1-4H3,(H,18,19)(H,20,21)/b10-7+. The van der Waals surface area contributed by atoms with E-state index in [-0.39, 0.29) is 5.82 Å². The van der Waals surface area contributed by atoms with Gasteiger partial charge >= 0.3 is 5.97 Å². The van der Waals surface area contributed by atoms with Crippen LogP contribution in [0.3, 0.4) is 0 Å². The van der Waals surface area contributed by atoms with Gasteiger partial charge in [0.25, 0.3) is 0 Å². The molecular formula is C16H20FNO3. The molecule has 0 bridgehead atoms. The molecule has 0 radical (unpaired) electrons. The monoisotopic (exact) mass is 293 g/mol. The molecule has 0 aliphatic heterocycles. The second-order valence-corrected chi connectivity index (χ2v) is 5.93. The molecule has 2 N–H and O–H groups in total. The van der Waals surface area contributed by atoms with Gasteiger partial charge in [-0.25, -0.2) is 4.39 Å². The van der Waals surface area contributed by atoms with E-state index in [2.05, 4.69) is 5.32 Å². The molecule has 0 unspecified atom stereocenters. The van der Waals surface area contributed by atoms with Gasteiger partial charge in [-0.3, -0.25) is 9.59 Å². The van der Waals surface area contributed by atoms with Crippen molar-refractivity contribution in [3.05, 3.63) is 41.7 Å². The summed E-state index contributed by atoms with van der Waals surface area (Å²) in [7, 11) is 0. The van der Waals surface area contributed by atoms with Crippen LogP contribution in [0.4, 0.5) is 4.39 Å². The number of hydrogen-bond donors (Lipinski definition) is 2. The number of halogens is 1. The number of rotatable bonds is 5. The highest BCUT2D eigenvalue weighted by Crippen LogP contribution is 2.30. The number of amides is 1. The Balaban J connectivity index is 2.77. The Morgan fingerprint density at radius 3 is 2.14 bits per heavy atom. The van der Waals surface area contributed by atoms with Crippen LogP contribution in [0, 0.1) is 11.2 Å². The predicted octanol–water partition coefficient (Wildman–Crippen LogP) is 2.84. The van der Waals surface area contributed by atoms with Gasteiger partial charge in [-0.15, -0.1) is 0 Å². The molecule has 0 aromatic heterocycles. The first-order valence-electron chi connectivity index (χ1n) is 6.55. The highest BCUT2D eigenvalue weighted by atomic mass is 19.1. The number of carboxylic acid groups (broad SMARTS) is 1. The Kier molecular flexibility index (Phi) is 4.88. The highest BCUT2D eigenvalue weighted by molar-refractivity contribution is 5.92. The summed E-state index contributed by atoms with van der Waals surface area (Å²) in [5, 5.41) is 11.9. The van der Waals surface area contributed by atoms with Gasteiger partial charge in [0.1, 0.15) is 5.82 Å². The minimum absolute atomic E-state index is 0.346. The van der Waals surface area contributed by atoms with Gasteiger partial charge in [-0.05, 0) is 51.5 Å². The molecule has 1 aromatic rings. The first-order valence-corrected chi connectivity index (χ1v) is 6.55. The van der Waals surface area contributed by atoms with E-state index in [4.69, 9.17) is 0 Å². The molecule has 0 atom stereocenters. The quantitative estimate of drug-likeness (QED) is 0.820. The second-order valence-electron chi connectivity index (χ2n) is 5.93. The van der Waals surface area contributed by atoms with E-state index in [9.17, 15) is 19.1 Å². The van der Waals surface area contributed by atoms with Crippen molar-refractivity contribution in [3.63, 3.8) is 0 Å². The van der Waals surface area contributed by atoms with Crippen LogP contribution in [-0.2, 0) is 9.59 Å². The molecule has 0 aliphatic rings. The zero-order valence-electron chi connectivity index (χ0n) is 12.6. The van der Waals surface area contributed by atoms with E-state index in [1.807, 2.05) is 0 Å². The number of carboxylic acids is 1. The first-order chi connectivity index (χ1) is 9.56. The molecule has 0 fully saturated rings. The van der Waals surface area contributed by atoms with Crippen LogP contribution in [0.2, 0.25) is 0 Å². The van der Waals surface area contributed by atoms with Crippen molar-refractivity contribution in [2.75, 3.05) is 0 Å². The largest absolute Gasteiger partial charge is 0.481 e. The van der Waals surface area contributed by atoms with Crippen molar-refractivity contribution < 1.29 is 19.1 Å². The van der Waals surface area contributed by atoms with Crippen LogP contribution >= 0.6 is 0 Å². The van der Waals surface area contributed by atoms with Crippen molar-refractivity contribution >= 4 is 18.0 Å². The Morgan fingerprint density at radius 2 is 1.67 bits per heavy atom. The predicted molar refractivity (Wildman–Crippen MR) is 79.1 cm³/mol. The molecule has 1 rings (SSSR count). The molecule has 5 heteroatoms. The minimum Gasteiger partial charge on any atom is -0.481 e. The number of carbonyl (C=O) groups excluding carboxylic acids is 1. The molecule has 1 aromatic carbocycles. The Hall–Kier alpha value is -2.17. The summed E-state index contributed by atoms with van der Waals surface area (Å²) >= 11 is 0. The Morgan fingerprint density at radius 1 is 1.14 bits per heavy atom. The summed E-state index contributed by atoms with van der Waals surface area (Å²) in [6.45, 7) is 6.42. The molecule has 0 saturated carbocycles. The van der Waals surface area contributed by atoms with Gasteiger partial charge in [0.15, 0.2) is 0 Å². The van der Waals surface area contributed by atoms with Gasteiger partial charge in [0.05, 0.1) is 11.0 Å². The average Bonchev–Trinajstić information content (AvgIpc) is 2.37. The molecule has 4 nitrogen and oxygen atoms in total. The smallest absolute Gasteiger partial charge is 0.311 e. The number of aliphatic carboxylic acids is 1. The van der Waals surface area contributed by atoms with Crippen LogP contribution in [0.5, 0.6) is 0 Å². The lowest BCUT2D eigenvalue weighted by atomic mass is 9.74. The summed E-state index contributed by atoms with van der Waals surface area (Å²) in [6, 6.07) is 5.70. The fourth-order valence-corrected chi connectivity index (χ4v) is 1.52. The zero-order valence-corrected chi connectivity index (χ0v) is 12.6. The highest BCUT2D eigenvalue weighted by Gasteiger charge is 2.44. The van der Waals surface area contributed by atoms with Crippen molar-refractivity contribution in [2.24, 2.45) is 5.41 Å². The molecule has 1 amide bonds. The van der Waals surface area contributed by atoms with Gasteiger partial charge < -0.3 is 10.4 Å². The number of nitrogens with one attached hydrogen (secondary N) is 1. The molecule has 21 heavy (non-hydrogen) atoms. The summed E-state index contributed by atoms with van der Waals surface area (Å²) in [4.78, 5) is 23.2. The Bertz CT molecular complexity index is 559. The van der Waals surface area contributed by atoms with Gasteiger partial charge in [-0.1, -0.05) is 12.1 Å². The van der Waals surface area contributed by atoms with Crippen LogP contribution in [0.15, 0.2) is 30.3 Å². The maximum atomic E-state index is 12.8. The molecule has 114 valence electrons. The number of carbonyl (C=O) groups is 2. The topological polar surface area (TPSA) is 66.4 Å². The minimum atomic E-state index is -1.12. The number of hydrogen-bond acceptors (Lipinski definition) is 2. The fourth-order valence-electron chi connectivity index (χ4n) is 1.52. The van der Waals surface area contributed by atoms with E-state index in [0.29, 0.717) is 5.56 Å².